The predicted octanol–water partition coefficient (Wildman–Crippen LogP) is 6.35. The molecule has 35 heavy (non-hydrogen) atoms. The van der Waals surface area contributed by atoms with Crippen LogP contribution in [-0.2, 0) is 9.59 Å². The maximum absolute atomic E-state index is 13.7. The van der Waals surface area contributed by atoms with Crippen LogP contribution in [-0.4, -0.2) is 42.9 Å². The number of para-hydroxylation sites is 1. The molecule has 3 aromatic rings. The summed E-state index contributed by atoms with van der Waals surface area (Å²) in [6.45, 7) is 2.68. The first-order valence-corrected chi connectivity index (χ1v) is 12.9. The Balaban J connectivity index is 1.47. The third kappa shape index (κ3) is 5.02. The molecule has 0 N–H and O–H groups in total. The molecule has 178 valence electrons. The zero-order valence-corrected chi connectivity index (χ0v) is 21.5. The second kappa shape index (κ2) is 10.2. The monoisotopic (exact) mass is 543 g/mol. The summed E-state index contributed by atoms with van der Waals surface area (Å²) in [5.41, 5.74) is 1.89. The Kier molecular flexibility index (Phi) is 6.98. The van der Waals surface area contributed by atoms with Gasteiger partial charge in [0.05, 0.1) is 5.69 Å². The highest BCUT2D eigenvalue weighted by Crippen LogP contribution is 2.40. The van der Waals surface area contributed by atoms with E-state index in [-0.39, 0.29) is 5.91 Å². The number of piperazine rings is 1. The number of carbonyl (C=O) groups is 2. The van der Waals surface area contributed by atoms with Crippen LogP contribution in [0.1, 0.15) is 0 Å². The van der Waals surface area contributed by atoms with Crippen LogP contribution in [0.4, 0.5) is 11.4 Å². The Labute approximate surface area is 222 Å². The molecule has 0 aliphatic carbocycles. The lowest BCUT2D eigenvalue weighted by atomic mass is 10.2. The topological polar surface area (TPSA) is 43.9 Å². The van der Waals surface area contributed by atoms with Gasteiger partial charge in [0, 0.05) is 51.8 Å². The first-order chi connectivity index (χ1) is 16.9. The summed E-state index contributed by atoms with van der Waals surface area (Å²) in [6.07, 6.45) is 0. The number of imide groups is 1. The maximum Gasteiger partial charge on any atom is 0.283 e. The number of nitrogens with zero attached hydrogens (tertiary/aromatic N) is 3. The molecule has 0 radical (unpaired) electrons. The Hall–Kier alpha value is -2.64. The highest BCUT2D eigenvalue weighted by molar-refractivity contribution is 8.04. The van der Waals surface area contributed by atoms with Gasteiger partial charge in [0.25, 0.3) is 11.8 Å². The van der Waals surface area contributed by atoms with Crippen LogP contribution in [0.5, 0.6) is 0 Å². The number of hydrogen-bond acceptors (Lipinski definition) is 5. The van der Waals surface area contributed by atoms with E-state index in [1.54, 1.807) is 30.3 Å². The number of rotatable bonds is 5. The Morgan fingerprint density at radius 3 is 1.86 bits per heavy atom. The van der Waals surface area contributed by atoms with Gasteiger partial charge in [-0.25, -0.2) is 4.90 Å². The molecule has 2 amide bonds. The smallest absolute Gasteiger partial charge is 0.283 e. The van der Waals surface area contributed by atoms with E-state index in [0.29, 0.717) is 44.4 Å². The summed E-state index contributed by atoms with van der Waals surface area (Å²) in [4.78, 5) is 34.0. The van der Waals surface area contributed by atoms with Gasteiger partial charge in [0.15, 0.2) is 0 Å². The van der Waals surface area contributed by atoms with Crippen molar-refractivity contribution < 1.29 is 9.59 Å². The van der Waals surface area contributed by atoms with E-state index in [4.69, 9.17) is 34.8 Å². The van der Waals surface area contributed by atoms with Crippen molar-refractivity contribution >= 4 is 69.8 Å². The van der Waals surface area contributed by atoms with Crippen molar-refractivity contribution in [1.29, 1.82) is 0 Å². The van der Waals surface area contributed by atoms with Crippen molar-refractivity contribution in [3.05, 3.63) is 98.5 Å². The summed E-state index contributed by atoms with van der Waals surface area (Å²) in [5.74, 6) is -0.772. The van der Waals surface area contributed by atoms with Crippen LogP contribution < -0.4 is 9.80 Å². The maximum atomic E-state index is 13.7. The molecular weight excluding hydrogens is 525 g/mol. The van der Waals surface area contributed by atoms with Crippen LogP contribution in [0.3, 0.4) is 0 Å². The van der Waals surface area contributed by atoms with E-state index < -0.39 is 5.91 Å². The molecule has 2 aliphatic heterocycles. The first-order valence-electron chi connectivity index (χ1n) is 11.0. The minimum atomic E-state index is -0.395. The zero-order valence-electron chi connectivity index (χ0n) is 18.5. The number of benzene rings is 3. The molecule has 5 nitrogen and oxygen atoms in total. The number of carbonyl (C=O) groups excluding carboxylic acids is 2. The second-order valence-electron chi connectivity index (χ2n) is 8.12. The highest BCUT2D eigenvalue weighted by Gasteiger charge is 2.43. The van der Waals surface area contributed by atoms with Crippen molar-refractivity contribution in [3.8, 4) is 0 Å². The summed E-state index contributed by atoms with van der Waals surface area (Å²) >= 11 is 19.7. The molecule has 3 aromatic carbocycles. The summed E-state index contributed by atoms with van der Waals surface area (Å²) in [5, 5.41) is 1.31. The molecule has 2 heterocycles. The van der Waals surface area contributed by atoms with Crippen molar-refractivity contribution in [1.82, 2.24) is 4.90 Å². The van der Waals surface area contributed by atoms with Gasteiger partial charge in [-0.2, -0.15) is 0 Å². The van der Waals surface area contributed by atoms with Gasteiger partial charge in [0.1, 0.15) is 10.6 Å². The molecule has 1 fully saturated rings. The first kappa shape index (κ1) is 24.1. The van der Waals surface area contributed by atoms with E-state index in [0.717, 1.165) is 28.6 Å². The number of hydrogen-bond donors (Lipinski definition) is 0. The van der Waals surface area contributed by atoms with Crippen LogP contribution in [0.2, 0.25) is 15.1 Å². The molecule has 5 rings (SSSR count). The zero-order chi connectivity index (χ0) is 24.5. The van der Waals surface area contributed by atoms with Gasteiger partial charge < -0.3 is 9.80 Å². The average Bonchev–Trinajstić information content (AvgIpc) is 3.09. The number of halogens is 3. The fourth-order valence-corrected chi connectivity index (χ4v) is 5.86. The molecule has 9 heteroatoms. The normalized spacial score (nSPS) is 16.5. The Bertz CT molecular complexity index is 1290. The van der Waals surface area contributed by atoms with Crippen molar-refractivity contribution in [2.75, 3.05) is 36.0 Å². The lowest BCUT2D eigenvalue weighted by Crippen LogP contribution is -2.47. The summed E-state index contributed by atoms with van der Waals surface area (Å²) in [6, 6.07) is 22.1. The van der Waals surface area contributed by atoms with Gasteiger partial charge in [0.2, 0.25) is 0 Å². The highest BCUT2D eigenvalue weighted by atomic mass is 35.5. The van der Waals surface area contributed by atoms with E-state index in [1.165, 1.54) is 11.8 Å². The SMILES string of the molecule is O=C1C(Sc2ccc(Cl)cc2)=C(N2CCN(c3ccccc3)CC2)C(=O)N1c1cc(Cl)cc(Cl)c1. The quantitative estimate of drug-likeness (QED) is 0.350. The summed E-state index contributed by atoms with van der Waals surface area (Å²) < 4.78 is 0. The van der Waals surface area contributed by atoms with E-state index in [9.17, 15) is 9.59 Å². The van der Waals surface area contributed by atoms with Crippen molar-refractivity contribution in [2.24, 2.45) is 0 Å². The predicted molar refractivity (Wildman–Crippen MR) is 144 cm³/mol. The molecule has 0 spiro atoms. The largest absolute Gasteiger partial charge is 0.368 e. The molecule has 0 saturated carbocycles. The minimum absolute atomic E-state index is 0.352. The van der Waals surface area contributed by atoms with Crippen molar-refractivity contribution in [2.45, 2.75) is 4.90 Å². The van der Waals surface area contributed by atoms with Gasteiger partial charge >= 0.3 is 0 Å². The summed E-state index contributed by atoms with van der Waals surface area (Å²) in [7, 11) is 0. The molecule has 0 aromatic heterocycles. The molecule has 0 bridgehead atoms. The standard InChI is InChI=1S/C26H20Cl3N3O2S/c27-17-6-8-22(9-7-17)35-24-23(31-12-10-30(11-13-31)20-4-2-1-3-5-20)25(33)32(26(24)34)21-15-18(28)14-19(29)16-21/h1-9,14-16H,10-13H2. The molecular formula is C26H20Cl3N3O2S. The van der Waals surface area contributed by atoms with Gasteiger partial charge in [-0.1, -0.05) is 64.8 Å². The minimum Gasteiger partial charge on any atom is -0.368 e. The van der Waals surface area contributed by atoms with E-state index in [1.807, 2.05) is 35.2 Å². The third-order valence-corrected chi connectivity index (χ3v) is 7.64. The van der Waals surface area contributed by atoms with Gasteiger partial charge in [-0.15, -0.1) is 0 Å². The number of amides is 2. The van der Waals surface area contributed by atoms with Gasteiger partial charge in [-0.05, 0) is 54.6 Å². The van der Waals surface area contributed by atoms with Gasteiger partial charge in [-0.3, -0.25) is 9.59 Å². The van der Waals surface area contributed by atoms with Crippen LogP contribution in [0.15, 0.2) is 88.3 Å². The fourth-order valence-electron chi connectivity index (χ4n) is 4.22. The number of anilines is 2. The van der Waals surface area contributed by atoms with Crippen LogP contribution in [0, 0.1) is 0 Å². The average molecular weight is 545 g/mol. The van der Waals surface area contributed by atoms with Crippen LogP contribution in [0.25, 0.3) is 0 Å². The second-order valence-corrected chi connectivity index (χ2v) is 10.5. The van der Waals surface area contributed by atoms with E-state index >= 15 is 0 Å². The van der Waals surface area contributed by atoms with Crippen molar-refractivity contribution in [3.63, 3.8) is 0 Å². The van der Waals surface area contributed by atoms with Crippen LogP contribution >= 0.6 is 46.6 Å². The molecule has 0 unspecified atom stereocenters. The lowest BCUT2D eigenvalue weighted by molar-refractivity contribution is -0.121. The Morgan fingerprint density at radius 1 is 0.629 bits per heavy atom. The molecule has 1 saturated heterocycles. The fraction of sp³-hybridized carbons (Fsp3) is 0.154. The molecule has 0 atom stereocenters. The number of thioether (sulfide) groups is 1. The molecule has 2 aliphatic rings. The Morgan fingerprint density at radius 2 is 1.23 bits per heavy atom. The third-order valence-electron chi connectivity index (χ3n) is 5.87. The lowest BCUT2D eigenvalue weighted by Gasteiger charge is -2.37. The van der Waals surface area contributed by atoms with E-state index in [2.05, 4.69) is 17.0 Å².